The molecule has 5 heteroatoms. The number of carbonyl (C=O) groups excluding carboxylic acids is 1. The van der Waals surface area contributed by atoms with Gasteiger partial charge in [-0.15, -0.1) is 0 Å². The molecule has 4 rings (SSSR count). The molecule has 1 saturated carbocycles. The maximum Gasteiger partial charge on any atom is 0.224 e. The Kier molecular flexibility index (Phi) is 4.52. The summed E-state index contributed by atoms with van der Waals surface area (Å²) in [5.41, 5.74) is 4.83. The lowest BCUT2D eigenvalue weighted by atomic mass is 10.0. The second-order valence-electron chi connectivity index (χ2n) is 6.88. The first-order chi connectivity index (χ1) is 12.7. The molecule has 1 N–H and O–H groups in total. The van der Waals surface area contributed by atoms with Crippen molar-refractivity contribution in [2.45, 2.75) is 32.4 Å². The standard InChI is InChI=1S/C21H22N4O/c1-15-6-2-5-9-18(15)19-10-20(19)21(26)23-11-16-7-3-4-8-17(16)12-25-14-22-13-24-25/h2-9,13-14,19-20H,10-12H2,1H3,(H,23,26)/t19-,20+/m1/s1. The summed E-state index contributed by atoms with van der Waals surface area (Å²) in [4.78, 5) is 16.5. The first-order valence-electron chi connectivity index (χ1n) is 8.95. The lowest BCUT2D eigenvalue weighted by molar-refractivity contribution is -0.122. The van der Waals surface area contributed by atoms with Crippen LogP contribution in [-0.4, -0.2) is 20.7 Å². The topological polar surface area (TPSA) is 59.8 Å². The predicted octanol–water partition coefficient (Wildman–Crippen LogP) is 3.05. The van der Waals surface area contributed by atoms with Gasteiger partial charge in [0.15, 0.2) is 0 Å². The van der Waals surface area contributed by atoms with Gasteiger partial charge in [-0.3, -0.25) is 4.79 Å². The van der Waals surface area contributed by atoms with Gasteiger partial charge >= 0.3 is 0 Å². The molecule has 132 valence electrons. The Morgan fingerprint density at radius 1 is 1.15 bits per heavy atom. The van der Waals surface area contributed by atoms with Gasteiger partial charge < -0.3 is 5.32 Å². The third kappa shape index (κ3) is 3.52. The SMILES string of the molecule is Cc1ccccc1[C@H]1C[C@@H]1C(=O)NCc1ccccc1Cn1cncn1. The molecule has 2 atom stereocenters. The highest BCUT2D eigenvalue weighted by Crippen LogP contribution is 2.48. The molecule has 1 aromatic heterocycles. The lowest BCUT2D eigenvalue weighted by Gasteiger charge is -2.11. The predicted molar refractivity (Wildman–Crippen MR) is 99.4 cm³/mol. The molecule has 0 unspecified atom stereocenters. The Bertz CT molecular complexity index is 904. The van der Waals surface area contributed by atoms with Crippen molar-refractivity contribution in [1.29, 1.82) is 0 Å². The van der Waals surface area contributed by atoms with Crippen molar-refractivity contribution in [2.24, 2.45) is 5.92 Å². The van der Waals surface area contributed by atoms with E-state index in [-0.39, 0.29) is 11.8 Å². The van der Waals surface area contributed by atoms with Crippen LogP contribution in [0.25, 0.3) is 0 Å². The van der Waals surface area contributed by atoms with Gasteiger partial charge in [-0.1, -0.05) is 48.5 Å². The molecule has 2 aromatic carbocycles. The van der Waals surface area contributed by atoms with Crippen molar-refractivity contribution < 1.29 is 4.79 Å². The molecule has 0 radical (unpaired) electrons. The van der Waals surface area contributed by atoms with Crippen molar-refractivity contribution >= 4 is 5.91 Å². The van der Waals surface area contributed by atoms with E-state index >= 15 is 0 Å². The molecular weight excluding hydrogens is 324 g/mol. The van der Waals surface area contributed by atoms with Crippen LogP contribution in [0.5, 0.6) is 0 Å². The van der Waals surface area contributed by atoms with E-state index in [0.29, 0.717) is 19.0 Å². The van der Waals surface area contributed by atoms with Gasteiger partial charge in [-0.2, -0.15) is 5.10 Å². The summed E-state index contributed by atoms with van der Waals surface area (Å²) < 4.78 is 1.79. The average molecular weight is 346 g/mol. The summed E-state index contributed by atoms with van der Waals surface area (Å²) in [6.45, 7) is 3.31. The molecule has 1 aliphatic carbocycles. The van der Waals surface area contributed by atoms with Crippen molar-refractivity contribution in [3.05, 3.63) is 83.4 Å². The van der Waals surface area contributed by atoms with Crippen LogP contribution < -0.4 is 5.32 Å². The molecule has 5 nitrogen and oxygen atoms in total. The Labute approximate surface area is 153 Å². The molecule has 0 saturated heterocycles. The van der Waals surface area contributed by atoms with E-state index in [1.807, 2.05) is 18.2 Å². The third-order valence-electron chi connectivity index (χ3n) is 5.09. The van der Waals surface area contributed by atoms with E-state index < -0.39 is 0 Å². The van der Waals surface area contributed by atoms with Crippen LogP contribution in [0, 0.1) is 12.8 Å². The number of nitrogens with one attached hydrogen (secondary N) is 1. The highest BCUT2D eigenvalue weighted by atomic mass is 16.2. The van der Waals surface area contributed by atoms with Crippen molar-refractivity contribution in [3.8, 4) is 0 Å². The summed E-state index contributed by atoms with van der Waals surface area (Å²) >= 11 is 0. The monoisotopic (exact) mass is 346 g/mol. The maximum atomic E-state index is 12.6. The van der Waals surface area contributed by atoms with Gasteiger partial charge in [0.1, 0.15) is 12.7 Å². The molecule has 0 spiro atoms. The number of rotatable bonds is 6. The smallest absolute Gasteiger partial charge is 0.224 e. The zero-order chi connectivity index (χ0) is 17.9. The minimum Gasteiger partial charge on any atom is -0.352 e. The molecule has 1 aliphatic rings. The van der Waals surface area contributed by atoms with E-state index in [1.165, 1.54) is 17.5 Å². The van der Waals surface area contributed by atoms with Gasteiger partial charge in [-0.05, 0) is 41.5 Å². The first-order valence-corrected chi connectivity index (χ1v) is 8.95. The first kappa shape index (κ1) is 16.5. The quantitative estimate of drug-likeness (QED) is 0.746. The van der Waals surface area contributed by atoms with E-state index in [2.05, 4.69) is 52.7 Å². The highest BCUT2D eigenvalue weighted by molar-refractivity contribution is 5.83. The van der Waals surface area contributed by atoms with Gasteiger partial charge in [0.2, 0.25) is 5.91 Å². The largest absolute Gasteiger partial charge is 0.352 e. The molecule has 1 heterocycles. The van der Waals surface area contributed by atoms with Crippen LogP contribution in [0.2, 0.25) is 0 Å². The van der Waals surface area contributed by atoms with Gasteiger partial charge in [0.25, 0.3) is 0 Å². The van der Waals surface area contributed by atoms with Crippen molar-refractivity contribution in [2.75, 3.05) is 0 Å². The molecule has 26 heavy (non-hydrogen) atoms. The van der Waals surface area contributed by atoms with Crippen LogP contribution >= 0.6 is 0 Å². The Hall–Kier alpha value is -2.95. The average Bonchev–Trinajstić information content (AvgIpc) is 3.29. The zero-order valence-electron chi connectivity index (χ0n) is 14.8. The fourth-order valence-electron chi connectivity index (χ4n) is 3.52. The van der Waals surface area contributed by atoms with Crippen LogP contribution in [0.1, 0.15) is 34.6 Å². The Balaban J connectivity index is 1.38. The molecular formula is C21H22N4O. The number of aromatic nitrogens is 3. The Morgan fingerprint density at radius 2 is 1.92 bits per heavy atom. The minimum atomic E-state index is 0.0959. The summed E-state index contributed by atoms with van der Waals surface area (Å²) in [7, 11) is 0. The molecule has 0 aliphatic heterocycles. The van der Waals surface area contributed by atoms with Crippen molar-refractivity contribution in [1.82, 2.24) is 20.1 Å². The van der Waals surface area contributed by atoms with E-state index in [9.17, 15) is 4.79 Å². The summed E-state index contributed by atoms with van der Waals surface area (Å²) in [5, 5.41) is 7.27. The van der Waals surface area contributed by atoms with Crippen LogP contribution in [0.15, 0.2) is 61.2 Å². The molecule has 1 fully saturated rings. The van der Waals surface area contributed by atoms with Crippen LogP contribution in [0.3, 0.4) is 0 Å². The number of hydrogen-bond donors (Lipinski definition) is 1. The number of nitrogens with zero attached hydrogens (tertiary/aromatic N) is 3. The molecule has 1 amide bonds. The number of hydrogen-bond acceptors (Lipinski definition) is 3. The molecule has 3 aromatic rings. The summed E-state index contributed by atoms with van der Waals surface area (Å²) in [6, 6.07) is 16.5. The normalized spacial score (nSPS) is 18.5. The van der Waals surface area contributed by atoms with Gasteiger partial charge in [-0.25, -0.2) is 9.67 Å². The van der Waals surface area contributed by atoms with Crippen LogP contribution in [-0.2, 0) is 17.9 Å². The number of benzene rings is 2. The second-order valence-corrected chi connectivity index (χ2v) is 6.88. The maximum absolute atomic E-state index is 12.6. The second kappa shape index (κ2) is 7.12. The lowest BCUT2D eigenvalue weighted by Crippen LogP contribution is -2.25. The number of aryl methyl sites for hydroxylation is 1. The number of carbonyl (C=O) groups is 1. The van der Waals surface area contributed by atoms with Gasteiger partial charge in [0, 0.05) is 12.5 Å². The number of amides is 1. The summed E-state index contributed by atoms with van der Waals surface area (Å²) in [6.07, 6.45) is 4.17. The van der Waals surface area contributed by atoms with Crippen LogP contribution in [0.4, 0.5) is 0 Å². The van der Waals surface area contributed by atoms with E-state index in [0.717, 1.165) is 17.5 Å². The Morgan fingerprint density at radius 3 is 2.69 bits per heavy atom. The van der Waals surface area contributed by atoms with Gasteiger partial charge in [0.05, 0.1) is 6.54 Å². The summed E-state index contributed by atoms with van der Waals surface area (Å²) in [5.74, 6) is 0.606. The fourth-order valence-corrected chi connectivity index (χ4v) is 3.52. The minimum absolute atomic E-state index is 0.0959. The fraction of sp³-hybridized carbons (Fsp3) is 0.286. The van der Waals surface area contributed by atoms with E-state index in [4.69, 9.17) is 0 Å². The van der Waals surface area contributed by atoms with Crippen molar-refractivity contribution in [3.63, 3.8) is 0 Å². The highest BCUT2D eigenvalue weighted by Gasteiger charge is 2.44. The zero-order valence-corrected chi connectivity index (χ0v) is 14.8. The molecule has 0 bridgehead atoms. The van der Waals surface area contributed by atoms with E-state index in [1.54, 1.807) is 11.0 Å². The third-order valence-corrected chi connectivity index (χ3v) is 5.09.